The van der Waals surface area contributed by atoms with Crippen LogP contribution in [0.3, 0.4) is 0 Å². The first-order valence-corrected chi connectivity index (χ1v) is 5.16. The van der Waals surface area contributed by atoms with E-state index in [0.717, 1.165) is 6.42 Å². The molecule has 0 bridgehead atoms. The Bertz CT molecular complexity index is 150. The number of carbonyl (C=O) groups excluding carboxylic acids is 1. The molecule has 0 fully saturated rings. The topological polar surface area (TPSA) is 72.2 Å². The summed E-state index contributed by atoms with van der Waals surface area (Å²) in [5.41, 5.74) is 5.20. The normalized spacial score (nSPS) is 12.5. The predicted molar refractivity (Wildman–Crippen MR) is 45.6 cm³/mol. The number of nitrogens with one attached hydrogen (secondary N) is 1. The van der Waals surface area contributed by atoms with E-state index in [-0.39, 0.29) is 11.7 Å². The van der Waals surface area contributed by atoms with Crippen molar-refractivity contribution in [1.82, 2.24) is 5.32 Å². The zero-order chi connectivity index (χ0) is 8.69. The van der Waals surface area contributed by atoms with Gasteiger partial charge in [0.1, 0.15) is 5.75 Å². The number of hydrogen-bond donors (Lipinski definition) is 2. The van der Waals surface area contributed by atoms with Crippen LogP contribution in [0.25, 0.3) is 0 Å². The highest BCUT2D eigenvalue weighted by Gasteiger charge is 2.01. The van der Waals surface area contributed by atoms with Gasteiger partial charge in [0.05, 0.1) is 0 Å². The summed E-state index contributed by atoms with van der Waals surface area (Å²) in [6.45, 7) is 1.14. The van der Waals surface area contributed by atoms with E-state index in [1.807, 2.05) is 0 Å². The minimum absolute atomic E-state index is 0.0879. The molecule has 0 heterocycles. The third-order valence-corrected chi connectivity index (χ3v) is 1.71. The highest BCUT2D eigenvalue weighted by Crippen LogP contribution is 1.76. The zero-order valence-electron chi connectivity index (χ0n) is 6.63. The largest absolute Gasteiger partial charge is 0.355 e. The van der Waals surface area contributed by atoms with Gasteiger partial charge in [0, 0.05) is 23.6 Å². The molecule has 4 nitrogen and oxygen atoms in total. The lowest BCUT2D eigenvalue weighted by Gasteiger charge is -2.01. The Morgan fingerprint density at radius 3 is 2.73 bits per heavy atom. The number of nitrogens with two attached hydrogens (primary N) is 1. The van der Waals surface area contributed by atoms with Gasteiger partial charge in [0.2, 0.25) is 5.91 Å². The van der Waals surface area contributed by atoms with Crippen LogP contribution in [0, 0.1) is 0 Å². The van der Waals surface area contributed by atoms with Crippen molar-refractivity contribution in [2.24, 2.45) is 5.73 Å². The van der Waals surface area contributed by atoms with Crippen molar-refractivity contribution in [3.63, 3.8) is 0 Å². The van der Waals surface area contributed by atoms with Gasteiger partial charge in [-0.1, -0.05) is 0 Å². The molecule has 0 radical (unpaired) electrons. The standard InChI is InChI=1S/C6H14N2O2S/c1-11(10)5-6(9)8-4-2-3-7/h2-5,7H2,1H3,(H,8,9). The lowest BCUT2D eigenvalue weighted by molar-refractivity contribution is -0.118. The number of rotatable bonds is 5. The van der Waals surface area contributed by atoms with E-state index in [1.54, 1.807) is 0 Å². The van der Waals surface area contributed by atoms with Crippen LogP contribution in [0.4, 0.5) is 0 Å². The summed E-state index contributed by atoms with van der Waals surface area (Å²) in [5.74, 6) is -0.0795. The van der Waals surface area contributed by atoms with Crippen LogP contribution in [-0.4, -0.2) is 35.2 Å². The number of carbonyl (C=O) groups is 1. The minimum Gasteiger partial charge on any atom is -0.355 e. The summed E-state index contributed by atoms with van der Waals surface area (Å²) >= 11 is 0. The van der Waals surface area contributed by atoms with Gasteiger partial charge < -0.3 is 11.1 Å². The van der Waals surface area contributed by atoms with E-state index >= 15 is 0 Å². The monoisotopic (exact) mass is 178 g/mol. The molecule has 66 valence electrons. The number of amides is 1. The van der Waals surface area contributed by atoms with Gasteiger partial charge in [-0.2, -0.15) is 0 Å². The minimum atomic E-state index is -1.04. The second kappa shape index (κ2) is 6.30. The van der Waals surface area contributed by atoms with Crippen LogP contribution in [0.15, 0.2) is 0 Å². The average Bonchev–Trinajstić information content (AvgIpc) is 1.86. The summed E-state index contributed by atoms with van der Waals surface area (Å²) in [6.07, 6.45) is 2.27. The van der Waals surface area contributed by atoms with E-state index in [9.17, 15) is 9.00 Å². The van der Waals surface area contributed by atoms with E-state index in [2.05, 4.69) is 5.32 Å². The molecule has 0 aromatic carbocycles. The molecule has 11 heavy (non-hydrogen) atoms. The van der Waals surface area contributed by atoms with Crippen molar-refractivity contribution in [1.29, 1.82) is 0 Å². The van der Waals surface area contributed by atoms with E-state index in [1.165, 1.54) is 6.26 Å². The fourth-order valence-electron chi connectivity index (χ4n) is 0.566. The van der Waals surface area contributed by atoms with Crippen LogP contribution in [0.5, 0.6) is 0 Å². The second-order valence-corrected chi connectivity index (χ2v) is 3.64. The van der Waals surface area contributed by atoms with Crippen molar-refractivity contribution < 1.29 is 9.00 Å². The summed E-state index contributed by atoms with van der Waals surface area (Å²) in [5, 5.41) is 2.60. The van der Waals surface area contributed by atoms with Gasteiger partial charge in [-0.05, 0) is 13.0 Å². The SMILES string of the molecule is CS(=O)CC(=O)NCCCN. The Balaban J connectivity index is 3.30. The highest BCUT2D eigenvalue weighted by atomic mass is 32.2. The van der Waals surface area contributed by atoms with Crippen LogP contribution in [0.2, 0.25) is 0 Å². The molecule has 0 rings (SSSR count). The first-order chi connectivity index (χ1) is 5.16. The molecule has 1 atom stereocenters. The molecule has 0 spiro atoms. The molecule has 0 saturated heterocycles. The van der Waals surface area contributed by atoms with Gasteiger partial charge in [0.15, 0.2) is 0 Å². The molecule has 0 aliphatic heterocycles. The molecule has 0 aliphatic rings. The quantitative estimate of drug-likeness (QED) is 0.521. The van der Waals surface area contributed by atoms with Gasteiger partial charge in [-0.3, -0.25) is 9.00 Å². The maximum Gasteiger partial charge on any atom is 0.232 e. The molecule has 0 aliphatic carbocycles. The maximum absolute atomic E-state index is 10.8. The van der Waals surface area contributed by atoms with Gasteiger partial charge in [-0.25, -0.2) is 0 Å². The van der Waals surface area contributed by atoms with Crippen LogP contribution in [-0.2, 0) is 15.6 Å². The molecule has 1 unspecified atom stereocenters. The molecule has 0 aromatic rings. The second-order valence-electron chi connectivity index (χ2n) is 2.21. The molecule has 1 amide bonds. The van der Waals surface area contributed by atoms with Crippen LogP contribution >= 0.6 is 0 Å². The van der Waals surface area contributed by atoms with Crippen molar-refractivity contribution in [2.75, 3.05) is 25.1 Å². The van der Waals surface area contributed by atoms with Crippen LogP contribution < -0.4 is 11.1 Å². The molecular weight excluding hydrogens is 164 g/mol. The lowest BCUT2D eigenvalue weighted by Crippen LogP contribution is -2.29. The summed E-state index contributed by atoms with van der Waals surface area (Å²) in [7, 11) is -1.04. The van der Waals surface area contributed by atoms with E-state index < -0.39 is 10.8 Å². The summed E-state index contributed by atoms with van der Waals surface area (Å²) in [4.78, 5) is 10.8. The number of hydrogen-bond acceptors (Lipinski definition) is 3. The third-order valence-electron chi connectivity index (χ3n) is 1.04. The van der Waals surface area contributed by atoms with E-state index in [0.29, 0.717) is 13.1 Å². The molecule has 0 aromatic heterocycles. The first-order valence-electron chi connectivity index (χ1n) is 3.43. The molecule has 5 heteroatoms. The highest BCUT2D eigenvalue weighted by molar-refractivity contribution is 7.85. The van der Waals surface area contributed by atoms with Gasteiger partial charge in [-0.15, -0.1) is 0 Å². The molecule has 3 N–H and O–H groups in total. The van der Waals surface area contributed by atoms with Gasteiger partial charge in [0.25, 0.3) is 0 Å². The van der Waals surface area contributed by atoms with Crippen molar-refractivity contribution >= 4 is 16.7 Å². The molecular formula is C6H14N2O2S. The Hall–Kier alpha value is -0.420. The molecule has 0 saturated carbocycles. The first kappa shape index (κ1) is 10.6. The van der Waals surface area contributed by atoms with Crippen molar-refractivity contribution in [3.05, 3.63) is 0 Å². The average molecular weight is 178 g/mol. The zero-order valence-corrected chi connectivity index (χ0v) is 7.45. The predicted octanol–water partition coefficient (Wildman–Crippen LogP) is -1.17. The lowest BCUT2D eigenvalue weighted by atomic mass is 10.4. The van der Waals surface area contributed by atoms with E-state index in [4.69, 9.17) is 5.73 Å². The summed E-state index contributed by atoms with van der Waals surface area (Å²) in [6, 6.07) is 0. The van der Waals surface area contributed by atoms with Gasteiger partial charge >= 0.3 is 0 Å². The summed E-state index contributed by atoms with van der Waals surface area (Å²) < 4.78 is 10.5. The Morgan fingerprint density at radius 2 is 2.27 bits per heavy atom. The maximum atomic E-state index is 10.8. The third kappa shape index (κ3) is 7.48. The van der Waals surface area contributed by atoms with Crippen molar-refractivity contribution in [3.8, 4) is 0 Å². The fourth-order valence-corrected chi connectivity index (χ4v) is 1.04. The van der Waals surface area contributed by atoms with Crippen LogP contribution in [0.1, 0.15) is 6.42 Å². The Kier molecular flexibility index (Phi) is 6.06. The van der Waals surface area contributed by atoms with Crippen molar-refractivity contribution in [2.45, 2.75) is 6.42 Å². The Morgan fingerprint density at radius 1 is 1.64 bits per heavy atom. The Labute approximate surface area is 69.0 Å². The smallest absolute Gasteiger partial charge is 0.232 e. The fraction of sp³-hybridized carbons (Fsp3) is 0.833.